The molecule has 2 aromatic carbocycles. The number of nitrogens with one attached hydrogen (secondary N) is 1. The van der Waals surface area contributed by atoms with Crippen LogP contribution in [0.5, 0.6) is 5.75 Å². The van der Waals surface area contributed by atoms with E-state index in [-0.39, 0.29) is 18.3 Å². The number of ether oxygens (including phenoxy) is 1. The number of rotatable bonds is 8. The number of carbonyl (C=O) groups excluding carboxylic acids is 1. The van der Waals surface area contributed by atoms with Gasteiger partial charge in [0.05, 0.1) is 20.2 Å². The number of nitrogens with zero attached hydrogens (tertiary/aromatic N) is 3. The van der Waals surface area contributed by atoms with Crippen LogP contribution in [0.1, 0.15) is 12.8 Å². The first kappa shape index (κ1) is 19.5. The molecule has 0 aliphatic heterocycles. The molecule has 0 aliphatic rings. The lowest BCUT2D eigenvalue weighted by Crippen LogP contribution is -2.32. The van der Waals surface area contributed by atoms with E-state index >= 15 is 0 Å². The molecule has 1 amide bonds. The van der Waals surface area contributed by atoms with Crippen LogP contribution < -0.4 is 10.1 Å². The Morgan fingerprint density at radius 2 is 1.89 bits per heavy atom. The zero-order valence-corrected chi connectivity index (χ0v) is 15.7. The van der Waals surface area contributed by atoms with E-state index in [1.807, 2.05) is 11.8 Å². The highest BCUT2D eigenvalue weighted by molar-refractivity contribution is 5.92. The fourth-order valence-electron chi connectivity index (χ4n) is 2.58. The van der Waals surface area contributed by atoms with E-state index < -0.39 is 0 Å². The number of likely N-dealkylation sites (N-methyl/N-ethyl adjacent to an activating group) is 1. The number of amides is 1. The van der Waals surface area contributed by atoms with Gasteiger partial charge in [-0.3, -0.25) is 9.69 Å². The summed E-state index contributed by atoms with van der Waals surface area (Å²) in [6.07, 6.45) is 0. The molecule has 28 heavy (non-hydrogen) atoms. The van der Waals surface area contributed by atoms with Crippen LogP contribution in [0.3, 0.4) is 0 Å². The summed E-state index contributed by atoms with van der Waals surface area (Å²) >= 11 is 0. The largest absolute Gasteiger partial charge is 0.497 e. The quantitative estimate of drug-likeness (QED) is 0.642. The summed E-state index contributed by atoms with van der Waals surface area (Å²) in [7, 11) is 1.59. The van der Waals surface area contributed by atoms with Crippen LogP contribution in [0.4, 0.5) is 10.1 Å². The lowest BCUT2D eigenvalue weighted by molar-refractivity contribution is -0.117. The number of carbonyl (C=O) groups is 1. The Hall–Kier alpha value is -3.26. The summed E-state index contributed by atoms with van der Waals surface area (Å²) in [4.78, 5) is 18.5. The molecule has 0 saturated carbocycles. The molecular formula is C20H21FN4O3. The Bertz CT molecular complexity index is 910. The van der Waals surface area contributed by atoms with E-state index in [0.717, 1.165) is 5.75 Å². The molecule has 0 unspecified atom stereocenters. The molecule has 3 rings (SSSR count). The first-order valence-electron chi connectivity index (χ1n) is 8.82. The molecule has 0 aliphatic carbocycles. The van der Waals surface area contributed by atoms with Gasteiger partial charge in [0.1, 0.15) is 11.6 Å². The lowest BCUT2D eigenvalue weighted by atomic mass is 10.2. The van der Waals surface area contributed by atoms with Gasteiger partial charge in [-0.15, -0.1) is 0 Å². The van der Waals surface area contributed by atoms with Crippen molar-refractivity contribution in [1.82, 2.24) is 15.0 Å². The van der Waals surface area contributed by atoms with Crippen molar-refractivity contribution < 1.29 is 18.4 Å². The second-order valence-corrected chi connectivity index (χ2v) is 6.10. The van der Waals surface area contributed by atoms with Crippen LogP contribution in [0, 0.1) is 5.82 Å². The molecule has 146 valence electrons. The van der Waals surface area contributed by atoms with Crippen LogP contribution in [0.15, 0.2) is 53.1 Å². The van der Waals surface area contributed by atoms with Gasteiger partial charge in [0.25, 0.3) is 0 Å². The number of methoxy groups -OCH3 is 1. The zero-order valence-electron chi connectivity index (χ0n) is 15.7. The number of benzene rings is 2. The molecule has 0 atom stereocenters. The Balaban J connectivity index is 1.57. The molecule has 0 fully saturated rings. The average Bonchev–Trinajstić information content (AvgIpc) is 3.17. The summed E-state index contributed by atoms with van der Waals surface area (Å²) in [5, 5.41) is 6.76. The minimum Gasteiger partial charge on any atom is -0.497 e. The molecule has 3 aromatic rings. The van der Waals surface area contributed by atoms with Crippen LogP contribution in [-0.4, -0.2) is 41.1 Å². The average molecular weight is 384 g/mol. The zero-order chi connectivity index (χ0) is 19.9. The molecule has 1 N–H and O–H groups in total. The SMILES string of the molecule is CCN(CC(=O)Nc1ccc(OC)cc1)Cc1nc(-c2ccc(F)cc2)no1. The highest BCUT2D eigenvalue weighted by Gasteiger charge is 2.15. The summed E-state index contributed by atoms with van der Waals surface area (Å²) in [5.74, 6) is 1.02. The summed E-state index contributed by atoms with van der Waals surface area (Å²) in [6.45, 7) is 3.08. The smallest absolute Gasteiger partial charge is 0.241 e. The molecule has 1 heterocycles. The lowest BCUT2D eigenvalue weighted by Gasteiger charge is -2.17. The highest BCUT2D eigenvalue weighted by atomic mass is 19.1. The Labute approximate surface area is 162 Å². The van der Waals surface area contributed by atoms with Gasteiger partial charge < -0.3 is 14.6 Å². The van der Waals surface area contributed by atoms with Gasteiger partial charge in [0, 0.05) is 11.3 Å². The molecule has 7 nitrogen and oxygen atoms in total. The van der Waals surface area contributed by atoms with Crippen molar-refractivity contribution in [3.63, 3.8) is 0 Å². The molecule has 1 aromatic heterocycles. The second-order valence-electron chi connectivity index (χ2n) is 6.10. The predicted octanol–water partition coefficient (Wildman–Crippen LogP) is 3.34. The number of hydrogen-bond donors (Lipinski definition) is 1. The fourth-order valence-corrected chi connectivity index (χ4v) is 2.58. The predicted molar refractivity (Wildman–Crippen MR) is 102 cm³/mol. The van der Waals surface area contributed by atoms with Crippen molar-refractivity contribution in [2.24, 2.45) is 0 Å². The van der Waals surface area contributed by atoms with Crippen LogP contribution in [0.25, 0.3) is 11.4 Å². The third-order valence-corrected chi connectivity index (χ3v) is 4.12. The van der Waals surface area contributed by atoms with Crippen molar-refractivity contribution in [3.8, 4) is 17.1 Å². The van der Waals surface area contributed by atoms with E-state index in [4.69, 9.17) is 9.26 Å². The Kier molecular flexibility index (Phi) is 6.33. The first-order chi connectivity index (χ1) is 13.6. The van der Waals surface area contributed by atoms with Gasteiger partial charge in [-0.1, -0.05) is 12.1 Å². The standard InChI is InChI=1S/C20H21FN4O3/c1-3-25(12-18(26)22-16-8-10-17(27-2)11-9-16)13-19-23-20(24-28-19)14-4-6-15(21)7-5-14/h4-11H,3,12-13H2,1-2H3,(H,22,26). The molecule has 8 heteroatoms. The van der Waals surface area contributed by atoms with Gasteiger partial charge in [-0.25, -0.2) is 4.39 Å². The van der Waals surface area contributed by atoms with Crippen molar-refractivity contribution in [2.45, 2.75) is 13.5 Å². The van der Waals surface area contributed by atoms with E-state index in [1.54, 1.807) is 43.5 Å². The van der Waals surface area contributed by atoms with Gasteiger partial charge in [0.2, 0.25) is 17.6 Å². The number of hydrogen-bond acceptors (Lipinski definition) is 6. The maximum atomic E-state index is 13.0. The fraction of sp³-hybridized carbons (Fsp3) is 0.250. The van der Waals surface area contributed by atoms with E-state index in [9.17, 15) is 9.18 Å². The number of anilines is 1. The van der Waals surface area contributed by atoms with Crippen molar-refractivity contribution >= 4 is 11.6 Å². The van der Waals surface area contributed by atoms with Crippen molar-refractivity contribution in [1.29, 1.82) is 0 Å². The first-order valence-corrected chi connectivity index (χ1v) is 8.82. The molecule has 0 radical (unpaired) electrons. The third-order valence-electron chi connectivity index (χ3n) is 4.12. The second kappa shape index (κ2) is 9.09. The Morgan fingerprint density at radius 1 is 1.18 bits per heavy atom. The van der Waals surface area contributed by atoms with Crippen molar-refractivity contribution in [3.05, 3.63) is 60.2 Å². The highest BCUT2D eigenvalue weighted by Crippen LogP contribution is 2.17. The van der Waals surface area contributed by atoms with Crippen molar-refractivity contribution in [2.75, 3.05) is 25.5 Å². The summed E-state index contributed by atoms with van der Waals surface area (Å²) in [6, 6.07) is 13.0. The normalized spacial score (nSPS) is 10.9. The van der Waals surface area contributed by atoms with Crippen LogP contribution in [-0.2, 0) is 11.3 Å². The monoisotopic (exact) mass is 384 g/mol. The van der Waals surface area contributed by atoms with Gasteiger partial charge in [-0.2, -0.15) is 4.98 Å². The summed E-state index contributed by atoms with van der Waals surface area (Å²) in [5.41, 5.74) is 1.36. The molecule has 0 bridgehead atoms. The molecule has 0 saturated heterocycles. The van der Waals surface area contributed by atoms with Crippen LogP contribution >= 0.6 is 0 Å². The number of aromatic nitrogens is 2. The van der Waals surface area contributed by atoms with E-state index in [0.29, 0.717) is 36.1 Å². The Morgan fingerprint density at radius 3 is 2.54 bits per heavy atom. The minimum atomic E-state index is -0.326. The number of halogens is 1. The topological polar surface area (TPSA) is 80.5 Å². The van der Waals surface area contributed by atoms with E-state index in [2.05, 4.69) is 15.5 Å². The van der Waals surface area contributed by atoms with Gasteiger partial charge in [-0.05, 0) is 55.1 Å². The molecule has 0 spiro atoms. The van der Waals surface area contributed by atoms with Gasteiger partial charge in [0.15, 0.2) is 0 Å². The third kappa shape index (κ3) is 5.14. The minimum absolute atomic E-state index is 0.148. The maximum Gasteiger partial charge on any atom is 0.241 e. The maximum absolute atomic E-state index is 13.0. The van der Waals surface area contributed by atoms with Crippen LogP contribution in [0.2, 0.25) is 0 Å². The summed E-state index contributed by atoms with van der Waals surface area (Å²) < 4.78 is 23.4. The van der Waals surface area contributed by atoms with Gasteiger partial charge >= 0.3 is 0 Å². The molecular weight excluding hydrogens is 363 g/mol. The van der Waals surface area contributed by atoms with E-state index in [1.165, 1.54) is 12.1 Å².